The maximum absolute atomic E-state index is 11.6. The summed E-state index contributed by atoms with van der Waals surface area (Å²) in [5, 5.41) is 10.5. The van der Waals surface area contributed by atoms with Crippen molar-refractivity contribution in [1.82, 2.24) is 0 Å². The maximum Gasteiger partial charge on any atom is 0.330 e. The van der Waals surface area contributed by atoms with Gasteiger partial charge in [0.2, 0.25) is 0 Å². The predicted molar refractivity (Wildman–Crippen MR) is 79.6 cm³/mol. The topological polar surface area (TPSA) is 69.4 Å². The van der Waals surface area contributed by atoms with Crippen LogP contribution in [-0.2, 0) is 9.53 Å². The molecule has 1 aromatic carbocycles. The van der Waals surface area contributed by atoms with Crippen LogP contribution in [0.5, 0.6) is 0 Å². The van der Waals surface area contributed by atoms with Gasteiger partial charge in [-0.2, -0.15) is 0 Å². The van der Waals surface area contributed by atoms with Gasteiger partial charge in [0.1, 0.15) is 0 Å². The highest BCUT2D eigenvalue weighted by atomic mass is 16.6. The number of carbonyl (C=O) groups excluding carboxylic acids is 1. The monoisotopic (exact) mass is 287 g/mol. The third kappa shape index (κ3) is 4.87. The molecule has 0 saturated carbocycles. The van der Waals surface area contributed by atoms with Gasteiger partial charge in [-0.1, -0.05) is 12.2 Å². The van der Waals surface area contributed by atoms with Crippen LogP contribution in [0.25, 0.3) is 6.08 Å². The highest BCUT2D eigenvalue weighted by Gasteiger charge is 2.11. The Kier molecular flexibility index (Phi) is 5.26. The Bertz CT molecular complexity index is 560. The Morgan fingerprint density at radius 1 is 1.33 bits per heavy atom. The van der Waals surface area contributed by atoms with Gasteiger partial charge in [0.25, 0.3) is 5.69 Å². The molecule has 1 atom stereocenters. The van der Waals surface area contributed by atoms with Gasteiger partial charge in [0.05, 0.1) is 11.5 Å². The van der Waals surface area contributed by atoms with E-state index in [1.807, 2.05) is 0 Å². The van der Waals surface area contributed by atoms with Gasteiger partial charge in [0, 0.05) is 18.2 Å². The highest BCUT2D eigenvalue weighted by Crippen LogP contribution is 2.18. The van der Waals surface area contributed by atoms with Crippen LogP contribution in [0, 0.1) is 16.0 Å². The van der Waals surface area contributed by atoms with Crippen LogP contribution in [0.2, 0.25) is 0 Å². The van der Waals surface area contributed by atoms with Gasteiger partial charge in [-0.25, -0.2) is 4.79 Å². The molecule has 0 bridgehead atoms. The molecule has 2 rings (SSSR count). The summed E-state index contributed by atoms with van der Waals surface area (Å²) in [6, 6.07) is 5.99. The minimum atomic E-state index is -0.458. The number of hydrogen-bond acceptors (Lipinski definition) is 4. The molecule has 1 aliphatic rings. The van der Waals surface area contributed by atoms with Gasteiger partial charge < -0.3 is 4.74 Å². The minimum absolute atomic E-state index is 0.0279. The largest absolute Gasteiger partial charge is 0.462 e. The number of carbonyl (C=O) groups is 1. The molecule has 0 aliphatic heterocycles. The first kappa shape index (κ1) is 15.0. The molecule has 110 valence electrons. The maximum atomic E-state index is 11.6. The lowest BCUT2D eigenvalue weighted by molar-refractivity contribution is -0.384. The molecule has 0 fully saturated rings. The summed E-state index contributed by atoms with van der Waals surface area (Å²) in [7, 11) is 0. The van der Waals surface area contributed by atoms with E-state index < -0.39 is 4.92 Å². The van der Waals surface area contributed by atoms with E-state index in [-0.39, 0.29) is 11.7 Å². The van der Waals surface area contributed by atoms with Crippen molar-refractivity contribution in [2.24, 2.45) is 5.92 Å². The molecule has 1 aliphatic carbocycles. The van der Waals surface area contributed by atoms with Crippen molar-refractivity contribution in [3.63, 3.8) is 0 Å². The fourth-order valence-electron chi connectivity index (χ4n) is 2.13. The second-order valence-electron chi connectivity index (χ2n) is 4.96. The van der Waals surface area contributed by atoms with Crippen molar-refractivity contribution in [1.29, 1.82) is 0 Å². The van der Waals surface area contributed by atoms with Crippen molar-refractivity contribution in [2.75, 3.05) is 6.61 Å². The number of nitro benzene ring substituents is 1. The Balaban J connectivity index is 1.81. The minimum Gasteiger partial charge on any atom is -0.462 e. The Morgan fingerprint density at radius 3 is 2.71 bits per heavy atom. The van der Waals surface area contributed by atoms with Crippen LogP contribution < -0.4 is 0 Å². The molecule has 0 spiro atoms. The molecule has 0 aromatic heterocycles. The second kappa shape index (κ2) is 7.38. The summed E-state index contributed by atoms with van der Waals surface area (Å²) in [5.74, 6) is 0.0228. The van der Waals surface area contributed by atoms with Crippen LogP contribution >= 0.6 is 0 Å². The molecule has 0 radical (unpaired) electrons. The number of esters is 1. The molecular weight excluding hydrogens is 270 g/mol. The van der Waals surface area contributed by atoms with Crippen molar-refractivity contribution in [2.45, 2.75) is 19.3 Å². The number of nitrogens with zero attached hydrogens (tertiary/aromatic N) is 1. The van der Waals surface area contributed by atoms with Gasteiger partial charge in [0.15, 0.2) is 0 Å². The molecule has 5 heteroatoms. The van der Waals surface area contributed by atoms with Crippen LogP contribution in [0.1, 0.15) is 24.8 Å². The zero-order valence-electron chi connectivity index (χ0n) is 11.6. The standard InChI is InChI=1S/C16H17NO4/c18-16(21-12-14-4-2-1-3-5-14)11-8-13-6-9-15(10-7-13)17(19)20/h1-2,6-11,14H,3-5,12H2. The van der Waals surface area contributed by atoms with E-state index in [9.17, 15) is 14.9 Å². The first-order chi connectivity index (χ1) is 10.1. The lowest BCUT2D eigenvalue weighted by atomic mass is 9.95. The number of rotatable bonds is 5. The number of allylic oxidation sites excluding steroid dienone is 2. The zero-order valence-corrected chi connectivity index (χ0v) is 11.6. The second-order valence-corrected chi connectivity index (χ2v) is 4.96. The zero-order chi connectivity index (χ0) is 15.1. The average Bonchev–Trinajstić information content (AvgIpc) is 2.52. The number of ether oxygens (including phenoxy) is 1. The first-order valence-corrected chi connectivity index (χ1v) is 6.89. The van der Waals surface area contributed by atoms with Crippen LogP contribution in [0.4, 0.5) is 5.69 Å². The fourth-order valence-corrected chi connectivity index (χ4v) is 2.13. The summed E-state index contributed by atoms with van der Waals surface area (Å²) in [5.41, 5.74) is 0.748. The number of benzene rings is 1. The van der Waals surface area contributed by atoms with Gasteiger partial charge in [-0.15, -0.1) is 0 Å². The average molecular weight is 287 g/mol. The molecule has 21 heavy (non-hydrogen) atoms. The van der Waals surface area contributed by atoms with Gasteiger partial charge >= 0.3 is 5.97 Å². The Morgan fingerprint density at radius 2 is 2.10 bits per heavy atom. The van der Waals surface area contributed by atoms with E-state index in [1.165, 1.54) is 18.2 Å². The van der Waals surface area contributed by atoms with Gasteiger partial charge in [-0.05, 0) is 49.0 Å². The third-order valence-corrected chi connectivity index (χ3v) is 3.35. The Hall–Kier alpha value is -2.43. The van der Waals surface area contributed by atoms with Crippen molar-refractivity contribution >= 4 is 17.7 Å². The summed E-state index contributed by atoms with van der Waals surface area (Å²) in [6.07, 6.45) is 10.3. The van der Waals surface area contributed by atoms with Gasteiger partial charge in [-0.3, -0.25) is 10.1 Å². The third-order valence-electron chi connectivity index (χ3n) is 3.35. The summed E-state index contributed by atoms with van der Waals surface area (Å²) < 4.78 is 5.20. The van der Waals surface area contributed by atoms with Crippen LogP contribution in [0.15, 0.2) is 42.5 Å². The summed E-state index contributed by atoms with van der Waals surface area (Å²) in [6.45, 7) is 0.438. The predicted octanol–water partition coefficient (Wildman–Crippen LogP) is 3.51. The number of hydrogen-bond donors (Lipinski definition) is 0. The molecule has 0 amide bonds. The summed E-state index contributed by atoms with van der Waals surface area (Å²) >= 11 is 0. The Labute approximate surface area is 123 Å². The van der Waals surface area contributed by atoms with E-state index >= 15 is 0 Å². The van der Waals surface area contributed by atoms with E-state index in [4.69, 9.17) is 4.74 Å². The van der Waals surface area contributed by atoms with Crippen molar-refractivity contribution in [3.05, 3.63) is 58.2 Å². The molecular formula is C16H17NO4. The fraction of sp³-hybridized carbons (Fsp3) is 0.312. The van der Waals surface area contributed by atoms with E-state index in [0.717, 1.165) is 24.8 Å². The normalized spacial score (nSPS) is 17.8. The molecule has 0 N–H and O–H groups in total. The highest BCUT2D eigenvalue weighted by molar-refractivity contribution is 5.87. The smallest absolute Gasteiger partial charge is 0.330 e. The van der Waals surface area contributed by atoms with E-state index in [0.29, 0.717) is 12.5 Å². The first-order valence-electron chi connectivity index (χ1n) is 6.89. The van der Waals surface area contributed by atoms with Crippen molar-refractivity contribution in [3.8, 4) is 0 Å². The lowest BCUT2D eigenvalue weighted by Gasteiger charge is -2.16. The molecule has 5 nitrogen and oxygen atoms in total. The quantitative estimate of drug-likeness (QED) is 0.273. The molecule has 0 heterocycles. The van der Waals surface area contributed by atoms with E-state index in [1.54, 1.807) is 18.2 Å². The van der Waals surface area contributed by atoms with Crippen LogP contribution in [-0.4, -0.2) is 17.5 Å². The van der Waals surface area contributed by atoms with E-state index in [2.05, 4.69) is 12.2 Å². The number of nitro groups is 1. The van der Waals surface area contributed by atoms with Crippen LogP contribution in [0.3, 0.4) is 0 Å². The lowest BCUT2D eigenvalue weighted by Crippen LogP contribution is -2.13. The summed E-state index contributed by atoms with van der Waals surface area (Å²) in [4.78, 5) is 21.7. The molecule has 1 aromatic rings. The van der Waals surface area contributed by atoms with Crippen molar-refractivity contribution < 1.29 is 14.5 Å². The molecule has 1 unspecified atom stereocenters. The molecule has 0 saturated heterocycles. The SMILES string of the molecule is O=C(C=Cc1ccc([N+](=O)[O-])cc1)OCC1CC=CCC1. The number of non-ortho nitro benzene ring substituents is 1.